The maximum atomic E-state index is 11.0. The minimum absolute atomic E-state index is 0.0130. The zero-order valence-electron chi connectivity index (χ0n) is 22.2. The summed E-state index contributed by atoms with van der Waals surface area (Å²) < 4.78 is 4.92. The molecule has 3 fully saturated rings. The number of likely N-dealkylation sites (tertiary alicyclic amines) is 2. The molecule has 3 heterocycles. The van der Waals surface area contributed by atoms with E-state index in [2.05, 4.69) is 78.6 Å². The molecule has 0 saturated carbocycles. The van der Waals surface area contributed by atoms with Crippen LogP contribution in [0.3, 0.4) is 0 Å². The molecule has 0 radical (unpaired) electrons. The molecule has 36 heavy (non-hydrogen) atoms. The molecule has 0 aromatic heterocycles. The highest BCUT2D eigenvalue weighted by atomic mass is 16.6. The van der Waals surface area contributed by atoms with Gasteiger partial charge in [0, 0.05) is 0 Å². The van der Waals surface area contributed by atoms with Crippen LogP contribution in [0.15, 0.2) is 42.5 Å². The molecule has 6 heteroatoms. The van der Waals surface area contributed by atoms with Crippen LogP contribution in [-0.4, -0.2) is 67.9 Å². The number of cyclic esters (lactones) is 1. The number of benzene rings is 2. The molecule has 3 aliphatic heterocycles. The third-order valence-electron chi connectivity index (χ3n) is 8.06. The second-order valence-corrected chi connectivity index (χ2v) is 10.7. The van der Waals surface area contributed by atoms with Gasteiger partial charge >= 0.3 is 6.09 Å². The van der Waals surface area contributed by atoms with Gasteiger partial charge in [0.05, 0.1) is 12.6 Å². The van der Waals surface area contributed by atoms with Crippen LogP contribution in [0.25, 0.3) is 0 Å². The number of nitrogens with one attached hydrogen (secondary N) is 1. The van der Waals surface area contributed by atoms with Crippen molar-refractivity contribution in [3.8, 4) is 0 Å². The fraction of sp³-hybridized carbons (Fsp3) is 0.567. The number of ether oxygens (including phenoxy) is 1. The maximum absolute atomic E-state index is 11.0. The van der Waals surface area contributed by atoms with Crippen LogP contribution in [0.4, 0.5) is 4.79 Å². The smallest absolute Gasteiger partial charge is 0.407 e. The topological polar surface area (TPSA) is 65.0 Å². The van der Waals surface area contributed by atoms with Crippen molar-refractivity contribution in [2.24, 2.45) is 0 Å². The van der Waals surface area contributed by atoms with E-state index in [1.165, 1.54) is 68.6 Å². The van der Waals surface area contributed by atoms with Crippen molar-refractivity contribution in [2.75, 3.05) is 46.9 Å². The quantitative estimate of drug-likeness (QED) is 0.625. The number of aliphatic hydroxyl groups excluding tert-OH is 1. The van der Waals surface area contributed by atoms with Gasteiger partial charge in [-0.2, -0.15) is 0 Å². The van der Waals surface area contributed by atoms with Crippen molar-refractivity contribution in [2.45, 2.75) is 63.5 Å². The molecule has 1 unspecified atom stereocenters. The number of piperidine rings is 2. The van der Waals surface area contributed by atoms with Gasteiger partial charge < -0.3 is 25.0 Å². The zero-order chi connectivity index (χ0) is 25.5. The van der Waals surface area contributed by atoms with Gasteiger partial charge in [0.25, 0.3) is 0 Å². The van der Waals surface area contributed by atoms with Gasteiger partial charge in [-0.05, 0) is 112 Å². The summed E-state index contributed by atoms with van der Waals surface area (Å²) in [5, 5.41) is 12.1. The fourth-order valence-electron chi connectivity index (χ4n) is 5.57. The summed E-state index contributed by atoms with van der Waals surface area (Å²) in [4.78, 5) is 15.8. The first-order valence-electron chi connectivity index (χ1n) is 13.6. The first kappa shape index (κ1) is 26.6. The minimum atomic E-state index is -0.315. The summed E-state index contributed by atoms with van der Waals surface area (Å²) in [7, 11) is 4.37. The second-order valence-electron chi connectivity index (χ2n) is 10.7. The van der Waals surface area contributed by atoms with Crippen LogP contribution in [0.5, 0.6) is 0 Å². The third-order valence-corrected chi connectivity index (χ3v) is 8.06. The molecule has 0 bridgehead atoms. The lowest BCUT2D eigenvalue weighted by Crippen LogP contribution is -2.29. The lowest BCUT2D eigenvalue weighted by molar-refractivity contribution is 0.177. The van der Waals surface area contributed by atoms with Gasteiger partial charge in [-0.25, -0.2) is 4.79 Å². The molecule has 1 atom stereocenters. The number of carbonyl (C=O) groups excluding carboxylic acids is 1. The number of rotatable bonds is 5. The molecule has 2 aromatic carbocycles. The Morgan fingerprint density at radius 3 is 1.86 bits per heavy atom. The molecule has 0 aliphatic carbocycles. The van der Waals surface area contributed by atoms with E-state index < -0.39 is 0 Å². The number of hydrogen-bond donors (Lipinski definition) is 2. The lowest BCUT2D eigenvalue weighted by Gasteiger charge is -2.29. The van der Waals surface area contributed by atoms with E-state index in [0.717, 1.165) is 17.5 Å². The standard InChI is InChI=1S/C15H20N2O2.C15H23NO/c1-17-8-6-12(7-9-17)11-2-4-13(5-3-11)14-10-19-15(18)16-14;1-3-12-8-13(11-17)10-15(9-12)14-4-6-16(2)7-5-14/h2-5,12,14H,6-10H2,1H3,(H,16,18);8-10,14,17H,3-7,11H2,1-2H3. The van der Waals surface area contributed by atoms with E-state index in [1.807, 2.05) is 0 Å². The van der Waals surface area contributed by atoms with Gasteiger partial charge in [-0.3, -0.25) is 0 Å². The Balaban J connectivity index is 0.000000170. The molecule has 1 amide bonds. The highest BCUT2D eigenvalue weighted by molar-refractivity contribution is 5.70. The number of nitrogens with zero attached hydrogens (tertiary/aromatic N) is 2. The minimum Gasteiger partial charge on any atom is -0.447 e. The van der Waals surface area contributed by atoms with Crippen molar-refractivity contribution in [1.29, 1.82) is 0 Å². The number of carbonyl (C=O) groups is 1. The molecule has 2 N–H and O–H groups in total. The molecular weight excluding hydrogens is 450 g/mol. The van der Waals surface area contributed by atoms with Crippen LogP contribution in [-0.2, 0) is 17.8 Å². The number of hydrogen-bond acceptors (Lipinski definition) is 5. The third kappa shape index (κ3) is 7.09. The molecule has 2 aromatic rings. The molecule has 196 valence electrons. The highest BCUT2D eigenvalue weighted by Crippen LogP contribution is 2.30. The number of aryl methyl sites for hydroxylation is 1. The van der Waals surface area contributed by atoms with E-state index in [4.69, 9.17) is 4.74 Å². The molecular formula is C30H43N3O3. The summed E-state index contributed by atoms with van der Waals surface area (Å²) in [6.45, 7) is 7.51. The molecule has 0 spiro atoms. The van der Waals surface area contributed by atoms with Gasteiger partial charge in [-0.1, -0.05) is 49.4 Å². The highest BCUT2D eigenvalue weighted by Gasteiger charge is 2.24. The number of amides is 1. The van der Waals surface area contributed by atoms with E-state index in [0.29, 0.717) is 18.4 Å². The van der Waals surface area contributed by atoms with Crippen molar-refractivity contribution in [3.63, 3.8) is 0 Å². The summed E-state index contributed by atoms with van der Waals surface area (Å²) in [6.07, 6.45) is 5.69. The average Bonchev–Trinajstić information content (AvgIpc) is 3.36. The molecule has 5 rings (SSSR count). The molecule has 3 saturated heterocycles. The monoisotopic (exact) mass is 493 g/mol. The van der Waals surface area contributed by atoms with Gasteiger partial charge in [0.2, 0.25) is 0 Å². The Morgan fingerprint density at radius 1 is 0.833 bits per heavy atom. The van der Waals surface area contributed by atoms with Crippen LogP contribution in [0, 0.1) is 0 Å². The number of aliphatic hydroxyl groups is 1. The molecule has 6 nitrogen and oxygen atoms in total. The van der Waals surface area contributed by atoms with Crippen LogP contribution in [0.1, 0.15) is 78.3 Å². The van der Waals surface area contributed by atoms with Crippen molar-refractivity contribution >= 4 is 6.09 Å². The molecule has 3 aliphatic rings. The average molecular weight is 494 g/mol. The van der Waals surface area contributed by atoms with Crippen molar-refractivity contribution in [3.05, 3.63) is 70.3 Å². The Hall–Kier alpha value is -2.41. The fourth-order valence-corrected chi connectivity index (χ4v) is 5.57. The van der Waals surface area contributed by atoms with Crippen LogP contribution < -0.4 is 5.32 Å². The predicted octanol–water partition coefficient (Wildman–Crippen LogP) is 4.83. The van der Waals surface area contributed by atoms with E-state index in [1.54, 1.807) is 0 Å². The van der Waals surface area contributed by atoms with Gasteiger partial charge in [0.15, 0.2) is 0 Å². The Kier molecular flexibility index (Phi) is 9.41. The summed E-state index contributed by atoms with van der Waals surface area (Å²) in [6, 6.07) is 15.3. The normalized spacial score (nSPS) is 22.0. The van der Waals surface area contributed by atoms with Crippen LogP contribution >= 0.6 is 0 Å². The van der Waals surface area contributed by atoms with Crippen LogP contribution in [0.2, 0.25) is 0 Å². The van der Waals surface area contributed by atoms with E-state index >= 15 is 0 Å². The van der Waals surface area contributed by atoms with E-state index in [9.17, 15) is 9.90 Å². The first-order chi connectivity index (χ1) is 17.4. The number of alkyl carbamates (subject to hydrolysis) is 1. The van der Waals surface area contributed by atoms with Crippen molar-refractivity contribution < 1.29 is 14.6 Å². The lowest BCUT2D eigenvalue weighted by atomic mass is 9.87. The van der Waals surface area contributed by atoms with Crippen molar-refractivity contribution in [1.82, 2.24) is 15.1 Å². The van der Waals surface area contributed by atoms with Gasteiger partial charge in [0.1, 0.15) is 6.61 Å². The maximum Gasteiger partial charge on any atom is 0.407 e. The first-order valence-corrected chi connectivity index (χ1v) is 13.6. The SMILES string of the molecule is CCc1cc(CO)cc(C2CCN(C)CC2)c1.CN1CCC(c2ccc(C3COC(=O)N3)cc2)CC1. The Morgan fingerprint density at radius 2 is 1.36 bits per heavy atom. The summed E-state index contributed by atoms with van der Waals surface area (Å²) in [5.74, 6) is 1.36. The van der Waals surface area contributed by atoms with E-state index in [-0.39, 0.29) is 18.7 Å². The largest absolute Gasteiger partial charge is 0.447 e. The summed E-state index contributed by atoms with van der Waals surface area (Å²) in [5.41, 5.74) is 6.40. The Bertz CT molecular complexity index is 955. The summed E-state index contributed by atoms with van der Waals surface area (Å²) >= 11 is 0. The zero-order valence-corrected chi connectivity index (χ0v) is 22.2. The Labute approximate surface area is 216 Å². The predicted molar refractivity (Wildman–Crippen MR) is 144 cm³/mol. The van der Waals surface area contributed by atoms with Gasteiger partial charge in [-0.15, -0.1) is 0 Å². The second kappa shape index (κ2) is 12.7.